The third-order valence-corrected chi connectivity index (χ3v) is 4.33. The summed E-state index contributed by atoms with van der Waals surface area (Å²) < 4.78 is 13.9. The summed E-state index contributed by atoms with van der Waals surface area (Å²) in [4.78, 5) is 0. The highest BCUT2D eigenvalue weighted by atomic mass is 79.9. The van der Waals surface area contributed by atoms with Crippen molar-refractivity contribution in [2.24, 2.45) is 5.73 Å². The Morgan fingerprint density at radius 2 is 2.29 bits per heavy atom. The van der Waals surface area contributed by atoms with Gasteiger partial charge in [0.2, 0.25) is 0 Å². The fourth-order valence-electron chi connectivity index (χ4n) is 1.64. The van der Waals surface area contributed by atoms with E-state index in [9.17, 15) is 4.39 Å². The predicted octanol–water partition coefficient (Wildman–Crippen LogP) is 3.22. The van der Waals surface area contributed by atoms with Crippen molar-refractivity contribution in [2.75, 3.05) is 5.75 Å². The summed E-state index contributed by atoms with van der Waals surface area (Å²) in [5.41, 5.74) is 8.12. The van der Waals surface area contributed by atoms with Gasteiger partial charge in [0.25, 0.3) is 0 Å². The molecule has 76 valence electrons. The molecule has 0 amide bonds. The number of fused-ring (bicyclic) bond motifs is 1. The molecular weight excluding hydrogens is 265 g/mol. The number of nitrogens with two attached hydrogens (primary N) is 1. The summed E-state index contributed by atoms with van der Waals surface area (Å²) in [6.07, 6.45) is 0.968. The van der Waals surface area contributed by atoms with E-state index in [1.807, 2.05) is 17.8 Å². The van der Waals surface area contributed by atoms with Crippen molar-refractivity contribution < 1.29 is 4.39 Å². The lowest BCUT2D eigenvalue weighted by Crippen LogP contribution is -2.11. The largest absolute Gasteiger partial charge is 0.324 e. The van der Waals surface area contributed by atoms with Crippen molar-refractivity contribution in [3.8, 4) is 0 Å². The van der Waals surface area contributed by atoms with Crippen LogP contribution >= 0.6 is 27.7 Å². The van der Waals surface area contributed by atoms with E-state index in [1.54, 1.807) is 0 Å². The highest BCUT2D eigenvalue weighted by molar-refractivity contribution is 9.10. The number of thioether (sulfide) groups is 1. The second-order valence-corrected chi connectivity index (χ2v) is 5.28. The van der Waals surface area contributed by atoms with Crippen LogP contribution in [0.2, 0.25) is 0 Å². The molecule has 0 radical (unpaired) electrons. The van der Waals surface area contributed by atoms with Crippen LogP contribution < -0.4 is 5.73 Å². The molecule has 1 aliphatic rings. The first-order chi connectivity index (χ1) is 6.70. The van der Waals surface area contributed by atoms with E-state index in [1.165, 1.54) is 6.07 Å². The molecule has 1 aliphatic heterocycles. The van der Waals surface area contributed by atoms with Crippen LogP contribution in [0.1, 0.15) is 23.6 Å². The minimum absolute atomic E-state index is 0.0527. The summed E-state index contributed by atoms with van der Waals surface area (Å²) >= 11 is 5.09. The highest BCUT2D eigenvalue weighted by Gasteiger charge is 2.19. The maximum absolute atomic E-state index is 13.3. The molecule has 1 heterocycles. The minimum atomic E-state index is -0.196. The summed E-state index contributed by atoms with van der Waals surface area (Å²) in [5.74, 6) is 1.70. The second-order valence-electron chi connectivity index (χ2n) is 3.38. The van der Waals surface area contributed by atoms with Gasteiger partial charge in [-0.1, -0.05) is 6.07 Å². The third kappa shape index (κ3) is 1.83. The maximum Gasteiger partial charge on any atom is 0.137 e. The molecule has 2 rings (SSSR count). The first kappa shape index (κ1) is 10.5. The Hall–Kier alpha value is -0.0600. The lowest BCUT2D eigenvalue weighted by molar-refractivity contribution is 0.614. The van der Waals surface area contributed by atoms with E-state index in [-0.39, 0.29) is 11.9 Å². The molecule has 0 unspecified atom stereocenters. The average Bonchev–Trinajstić information content (AvgIpc) is 2.35. The fourth-order valence-corrected chi connectivity index (χ4v) is 3.41. The SMILES string of the molecule is N[C@@H]1CCSCc2c1ccc(F)c2Br. The number of rotatable bonds is 0. The molecule has 0 spiro atoms. The molecular formula is C10H11BrFNS. The van der Waals surface area contributed by atoms with Gasteiger partial charge in [0, 0.05) is 11.8 Å². The van der Waals surface area contributed by atoms with Crippen molar-refractivity contribution in [3.05, 3.63) is 33.5 Å². The van der Waals surface area contributed by atoms with Gasteiger partial charge in [0.05, 0.1) is 4.47 Å². The third-order valence-electron chi connectivity index (χ3n) is 2.45. The van der Waals surface area contributed by atoms with Gasteiger partial charge in [0.1, 0.15) is 5.82 Å². The van der Waals surface area contributed by atoms with E-state index in [2.05, 4.69) is 15.9 Å². The standard InChI is InChI=1S/C10H11BrFNS/c11-10-7-5-14-4-3-9(13)6(7)1-2-8(10)12/h1-2,9H,3-5,13H2/t9-/m1/s1. The minimum Gasteiger partial charge on any atom is -0.324 e. The molecule has 1 nitrogen and oxygen atoms in total. The molecule has 1 aromatic carbocycles. The number of halogens is 2. The van der Waals surface area contributed by atoms with Gasteiger partial charge in [-0.2, -0.15) is 11.8 Å². The van der Waals surface area contributed by atoms with Gasteiger partial charge in [-0.25, -0.2) is 4.39 Å². The van der Waals surface area contributed by atoms with E-state index in [0.717, 1.165) is 29.1 Å². The zero-order chi connectivity index (χ0) is 10.1. The molecule has 0 aromatic heterocycles. The van der Waals surface area contributed by atoms with Crippen LogP contribution in [0, 0.1) is 5.82 Å². The molecule has 0 aliphatic carbocycles. The molecule has 14 heavy (non-hydrogen) atoms. The quantitative estimate of drug-likeness (QED) is 0.787. The molecule has 2 N–H and O–H groups in total. The van der Waals surface area contributed by atoms with Crippen molar-refractivity contribution >= 4 is 27.7 Å². The van der Waals surface area contributed by atoms with E-state index >= 15 is 0 Å². The Morgan fingerprint density at radius 1 is 1.50 bits per heavy atom. The monoisotopic (exact) mass is 275 g/mol. The molecule has 0 saturated carbocycles. The number of benzene rings is 1. The van der Waals surface area contributed by atoms with Crippen LogP contribution in [-0.4, -0.2) is 5.75 Å². The lowest BCUT2D eigenvalue weighted by Gasteiger charge is -2.13. The Labute approximate surface area is 95.4 Å². The summed E-state index contributed by atoms with van der Waals surface area (Å²) in [6, 6.07) is 3.35. The van der Waals surface area contributed by atoms with Gasteiger partial charge in [-0.3, -0.25) is 0 Å². The summed E-state index contributed by atoms with van der Waals surface area (Å²) in [5, 5.41) is 0. The second kappa shape index (κ2) is 4.21. The van der Waals surface area contributed by atoms with Crippen molar-refractivity contribution in [1.29, 1.82) is 0 Å². The van der Waals surface area contributed by atoms with Crippen LogP contribution in [0.15, 0.2) is 16.6 Å². The van der Waals surface area contributed by atoms with Crippen LogP contribution in [0.5, 0.6) is 0 Å². The Kier molecular flexibility index (Phi) is 3.14. The first-order valence-electron chi connectivity index (χ1n) is 4.50. The van der Waals surface area contributed by atoms with Crippen molar-refractivity contribution in [3.63, 3.8) is 0 Å². The van der Waals surface area contributed by atoms with E-state index in [4.69, 9.17) is 5.73 Å². The zero-order valence-electron chi connectivity index (χ0n) is 7.59. The van der Waals surface area contributed by atoms with Crippen LogP contribution in [-0.2, 0) is 5.75 Å². The molecule has 0 bridgehead atoms. The smallest absolute Gasteiger partial charge is 0.137 e. The Balaban J connectivity index is 2.53. The molecule has 1 aromatic rings. The fraction of sp³-hybridized carbons (Fsp3) is 0.400. The van der Waals surface area contributed by atoms with Gasteiger partial charge in [-0.15, -0.1) is 0 Å². The number of hydrogen-bond donors (Lipinski definition) is 1. The molecule has 0 saturated heterocycles. The van der Waals surface area contributed by atoms with E-state index in [0.29, 0.717) is 4.47 Å². The maximum atomic E-state index is 13.3. The average molecular weight is 276 g/mol. The Morgan fingerprint density at radius 3 is 3.07 bits per heavy atom. The van der Waals surface area contributed by atoms with Crippen LogP contribution in [0.4, 0.5) is 4.39 Å². The van der Waals surface area contributed by atoms with Crippen LogP contribution in [0.25, 0.3) is 0 Å². The zero-order valence-corrected chi connectivity index (χ0v) is 10.00. The Bertz CT molecular complexity index is 356. The molecule has 1 atom stereocenters. The predicted molar refractivity (Wildman–Crippen MR) is 61.8 cm³/mol. The van der Waals surface area contributed by atoms with Crippen LogP contribution in [0.3, 0.4) is 0 Å². The molecule has 4 heteroatoms. The van der Waals surface area contributed by atoms with E-state index < -0.39 is 0 Å². The number of hydrogen-bond acceptors (Lipinski definition) is 2. The summed E-state index contributed by atoms with van der Waals surface area (Å²) in [6.45, 7) is 0. The first-order valence-corrected chi connectivity index (χ1v) is 6.45. The van der Waals surface area contributed by atoms with Gasteiger partial charge in [-0.05, 0) is 45.3 Å². The topological polar surface area (TPSA) is 26.0 Å². The highest BCUT2D eigenvalue weighted by Crippen LogP contribution is 2.34. The van der Waals surface area contributed by atoms with Gasteiger partial charge in [0.15, 0.2) is 0 Å². The van der Waals surface area contributed by atoms with Crippen molar-refractivity contribution in [1.82, 2.24) is 0 Å². The normalized spacial score (nSPS) is 21.5. The lowest BCUT2D eigenvalue weighted by atomic mass is 10.0. The van der Waals surface area contributed by atoms with Gasteiger partial charge < -0.3 is 5.73 Å². The molecule has 0 fully saturated rings. The van der Waals surface area contributed by atoms with Crippen molar-refractivity contribution in [2.45, 2.75) is 18.2 Å². The summed E-state index contributed by atoms with van der Waals surface area (Å²) in [7, 11) is 0. The van der Waals surface area contributed by atoms with Gasteiger partial charge >= 0.3 is 0 Å².